The van der Waals surface area contributed by atoms with Crippen LogP contribution in [0, 0.1) is 24.0 Å². The van der Waals surface area contributed by atoms with Crippen molar-refractivity contribution < 1.29 is 19.2 Å². The smallest absolute Gasteiger partial charge is 0.271 e. The van der Waals surface area contributed by atoms with Crippen LogP contribution in [-0.2, 0) is 6.61 Å². The third kappa shape index (κ3) is 6.08. The number of carbonyl (C=O) groups excluding carboxylic acids is 1. The Morgan fingerprint density at radius 2 is 1.88 bits per heavy atom. The van der Waals surface area contributed by atoms with E-state index in [1.54, 1.807) is 19.2 Å². The van der Waals surface area contributed by atoms with Crippen LogP contribution >= 0.6 is 11.6 Å². The SMILES string of the molecule is COc1ccc(C=NNC(=O)c2cccc([N+](=O)[O-])c2)cc1COc1cc(C)c(Cl)c(C)c1. The summed E-state index contributed by atoms with van der Waals surface area (Å²) in [6.07, 6.45) is 1.47. The Bertz CT molecular complexity index is 1200. The molecule has 1 N–H and O–H groups in total. The van der Waals surface area contributed by atoms with Crippen molar-refractivity contribution in [3.8, 4) is 11.5 Å². The summed E-state index contributed by atoms with van der Waals surface area (Å²) in [5, 5.41) is 15.5. The lowest BCUT2D eigenvalue weighted by molar-refractivity contribution is -0.384. The summed E-state index contributed by atoms with van der Waals surface area (Å²) in [6.45, 7) is 4.09. The molecular weight excluding hydrogens is 446 g/mol. The Kier molecular flexibility index (Phi) is 7.63. The number of benzene rings is 3. The Labute approximate surface area is 195 Å². The van der Waals surface area contributed by atoms with Gasteiger partial charge in [-0.2, -0.15) is 5.10 Å². The molecule has 0 aliphatic heterocycles. The number of ether oxygens (including phenoxy) is 2. The summed E-state index contributed by atoms with van der Waals surface area (Å²) < 4.78 is 11.3. The zero-order valence-corrected chi connectivity index (χ0v) is 19.1. The van der Waals surface area contributed by atoms with Gasteiger partial charge in [-0.15, -0.1) is 0 Å². The zero-order chi connectivity index (χ0) is 24.0. The fourth-order valence-corrected chi connectivity index (χ4v) is 3.24. The lowest BCUT2D eigenvalue weighted by atomic mass is 10.1. The Hall–Kier alpha value is -3.91. The third-order valence-electron chi connectivity index (χ3n) is 4.81. The minimum absolute atomic E-state index is 0.138. The predicted octanol–water partition coefficient (Wildman–Crippen LogP) is 5.22. The molecule has 0 fully saturated rings. The standard InChI is InChI=1S/C24H22ClN3O5/c1-15-9-21(10-16(2)23(15)25)33-14-19-11-17(7-8-22(19)32-3)13-26-27-24(29)18-5-4-6-20(12-18)28(30)31/h4-13H,14H2,1-3H3,(H,27,29). The van der Waals surface area contributed by atoms with Crippen molar-refractivity contribution in [3.63, 3.8) is 0 Å². The number of nitrogens with one attached hydrogen (secondary N) is 1. The highest BCUT2D eigenvalue weighted by atomic mass is 35.5. The lowest BCUT2D eigenvalue weighted by Gasteiger charge is -2.13. The van der Waals surface area contributed by atoms with Crippen LogP contribution in [0.15, 0.2) is 59.7 Å². The minimum atomic E-state index is -0.562. The molecule has 3 rings (SSSR count). The molecule has 0 atom stereocenters. The number of nitro groups is 1. The van der Waals surface area contributed by atoms with E-state index < -0.39 is 10.8 Å². The van der Waals surface area contributed by atoms with Gasteiger partial charge in [-0.1, -0.05) is 17.7 Å². The zero-order valence-electron chi connectivity index (χ0n) is 18.3. The van der Waals surface area contributed by atoms with Crippen molar-refractivity contribution in [3.05, 3.63) is 97.6 Å². The van der Waals surface area contributed by atoms with Gasteiger partial charge in [0.25, 0.3) is 11.6 Å². The monoisotopic (exact) mass is 467 g/mol. The van der Waals surface area contributed by atoms with Crippen LogP contribution in [0.2, 0.25) is 5.02 Å². The molecule has 0 saturated heterocycles. The second kappa shape index (κ2) is 10.6. The van der Waals surface area contributed by atoms with E-state index in [9.17, 15) is 14.9 Å². The van der Waals surface area contributed by atoms with Crippen LogP contribution in [0.5, 0.6) is 11.5 Å². The minimum Gasteiger partial charge on any atom is -0.496 e. The van der Waals surface area contributed by atoms with Crippen molar-refractivity contribution in [1.29, 1.82) is 0 Å². The molecule has 0 spiro atoms. The van der Waals surface area contributed by atoms with Gasteiger partial charge < -0.3 is 9.47 Å². The summed E-state index contributed by atoms with van der Waals surface area (Å²) in [5.74, 6) is 0.787. The molecule has 0 bridgehead atoms. The number of rotatable bonds is 8. The van der Waals surface area contributed by atoms with Crippen molar-refractivity contribution in [2.75, 3.05) is 7.11 Å². The van der Waals surface area contributed by atoms with Crippen LogP contribution in [-0.4, -0.2) is 24.2 Å². The first-order valence-electron chi connectivity index (χ1n) is 9.93. The van der Waals surface area contributed by atoms with Crippen LogP contribution in [0.25, 0.3) is 0 Å². The van der Waals surface area contributed by atoms with Crippen molar-refractivity contribution >= 4 is 29.4 Å². The first-order chi connectivity index (χ1) is 15.8. The predicted molar refractivity (Wildman–Crippen MR) is 126 cm³/mol. The van der Waals surface area contributed by atoms with E-state index in [0.717, 1.165) is 16.7 Å². The van der Waals surface area contributed by atoms with Gasteiger partial charge in [0.1, 0.15) is 18.1 Å². The van der Waals surface area contributed by atoms with E-state index in [4.69, 9.17) is 21.1 Å². The molecule has 3 aromatic carbocycles. The summed E-state index contributed by atoms with van der Waals surface area (Å²) in [4.78, 5) is 22.5. The van der Waals surface area contributed by atoms with Crippen LogP contribution in [0.1, 0.15) is 32.6 Å². The Morgan fingerprint density at radius 3 is 2.55 bits per heavy atom. The number of hydrazone groups is 1. The maximum absolute atomic E-state index is 12.2. The molecule has 170 valence electrons. The molecular formula is C24H22ClN3O5. The highest BCUT2D eigenvalue weighted by Gasteiger charge is 2.11. The van der Waals surface area contributed by atoms with E-state index in [1.165, 1.54) is 30.5 Å². The van der Waals surface area contributed by atoms with E-state index in [-0.39, 0.29) is 17.9 Å². The number of carbonyl (C=O) groups is 1. The number of aryl methyl sites for hydroxylation is 2. The van der Waals surface area contributed by atoms with Gasteiger partial charge in [0.15, 0.2) is 0 Å². The fourth-order valence-electron chi connectivity index (χ4n) is 3.13. The van der Waals surface area contributed by atoms with Gasteiger partial charge in [0.05, 0.1) is 18.2 Å². The van der Waals surface area contributed by atoms with Gasteiger partial charge in [-0.25, -0.2) is 5.43 Å². The summed E-state index contributed by atoms with van der Waals surface area (Å²) in [6, 6.07) is 14.5. The quantitative estimate of drug-likeness (QED) is 0.278. The number of hydrogen-bond donors (Lipinski definition) is 1. The molecule has 9 heteroatoms. The average Bonchev–Trinajstić information content (AvgIpc) is 2.81. The third-order valence-corrected chi connectivity index (χ3v) is 5.40. The van der Waals surface area contributed by atoms with Gasteiger partial charge in [-0.05, 0) is 66.9 Å². The Balaban J connectivity index is 1.70. The maximum Gasteiger partial charge on any atom is 0.271 e. The molecule has 0 aromatic heterocycles. The maximum atomic E-state index is 12.2. The second-order valence-electron chi connectivity index (χ2n) is 7.24. The Morgan fingerprint density at radius 1 is 1.15 bits per heavy atom. The molecule has 0 saturated carbocycles. The molecule has 1 amide bonds. The molecule has 3 aromatic rings. The van der Waals surface area contributed by atoms with E-state index in [1.807, 2.05) is 32.0 Å². The number of nitrogens with zero attached hydrogens (tertiary/aromatic N) is 2. The normalized spacial score (nSPS) is 10.8. The van der Waals surface area contributed by atoms with Crippen LogP contribution in [0.3, 0.4) is 0 Å². The molecule has 0 heterocycles. The highest BCUT2D eigenvalue weighted by Crippen LogP contribution is 2.27. The number of non-ortho nitro benzene ring substituents is 1. The van der Waals surface area contributed by atoms with Crippen LogP contribution < -0.4 is 14.9 Å². The van der Waals surface area contributed by atoms with Crippen molar-refractivity contribution in [2.45, 2.75) is 20.5 Å². The highest BCUT2D eigenvalue weighted by molar-refractivity contribution is 6.32. The number of methoxy groups -OCH3 is 1. The average molecular weight is 468 g/mol. The number of halogens is 1. The van der Waals surface area contributed by atoms with Crippen molar-refractivity contribution in [2.24, 2.45) is 5.10 Å². The lowest BCUT2D eigenvalue weighted by Crippen LogP contribution is -2.17. The first-order valence-corrected chi connectivity index (χ1v) is 10.3. The number of amides is 1. The fraction of sp³-hybridized carbons (Fsp3) is 0.167. The summed E-state index contributed by atoms with van der Waals surface area (Å²) in [5.41, 5.74) is 5.69. The number of hydrogen-bond acceptors (Lipinski definition) is 6. The van der Waals surface area contributed by atoms with Gasteiger partial charge in [0.2, 0.25) is 0 Å². The molecule has 0 aliphatic carbocycles. The van der Waals surface area contributed by atoms with E-state index >= 15 is 0 Å². The summed E-state index contributed by atoms with van der Waals surface area (Å²) in [7, 11) is 1.57. The molecule has 0 aliphatic rings. The van der Waals surface area contributed by atoms with Gasteiger partial charge >= 0.3 is 0 Å². The van der Waals surface area contributed by atoms with E-state index in [0.29, 0.717) is 22.1 Å². The van der Waals surface area contributed by atoms with Crippen LogP contribution in [0.4, 0.5) is 5.69 Å². The molecule has 0 radical (unpaired) electrons. The van der Waals surface area contributed by atoms with E-state index in [2.05, 4.69) is 10.5 Å². The van der Waals surface area contributed by atoms with Gasteiger partial charge in [-0.3, -0.25) is 14.9 Å². The van der Waals surface area contributed by atoms with Crippen molar-refractivity contribution in [1.82, 2.24) is 5.43 Å². The largest absolute Gasteiger partial charge is 0.496 e. The topological polar surface area (TPSA) is 103 Å². The summed E-state index contributed by atoms with van der Waals surface area (Å²) >= 11 is 6.22. The first kappa shape index (κ1) is 23.7. The second-order valence-corrected chi connectivity index (χ2v) is 7.62. The molecule has 8 nitrogen and oxygen atoms in total. The number of nitro benzene ring substituents is 1. The molecule has 0 unspecified atom stereocenters. The van der Waals surface area contributed by atoms with Gasteiger partial charge in [0, 0.05) is 28.3 Å². The molecule has 33 heavy (non-hydrogen) atoms.